The van der Waals surface area contributed by atoms with E-state index in [-0.39, 0.29) is 30.2 Å². The normalized spacial score (nSPS) is 14.3. The van der Waals surface area contributed by atoms with E-state index in [0.717, 1.165) is 34.1 Å². The number of aryl methyl sites for hydroxylation is 1. The number of hydrogen-bond acceptors (Lipinski definition) is 6. The van der Waals surface area contributed by atoms with Crippen molar-refractivity contribution in [1.82, 2.24) is 4.90 Å². The molecule has 3 aromatic rings. The van der Waals surface area contributed by atoms with E-state index in [1.807, 2.05) is 38.1 Å². The number of imide groups is 1. The molecule has 1 N–H and O–H groups in total. The zero-order chi connectivity index (χ0) is 26.5. The van der Waals surface area contributed by atoms with Gasteiger partial charge < -0.3 is 14.8 Å². The highest BCUT2D eigenvalue weighted by Crippen LogP contribution is 2.35. The van der Waals surface area contributed by atoms with Gasteiger partial charge in [0.1, 0.15) is 0 Å². The molecular formula is C28H25ClN2O5S. The first-order chi connectivity index (χ1) is 17.7. The van der Waals surface area contributed by atoms with Gasteiger partial charge >= 0.3 is 0 Å². The van der Waals surface area contributed by atoms with E-state index in [9.17, 15) is 14.4 Å². The molecule has 3 amide bonds. The number of amides is 3. The van der Waals surface area contributed by atoms with E-state index in [0.29, 0.717) is 27.0 Å². The largest absolute Gasteiger partial charge is 0.493 e. The van der Waals surface area contributed by atoms with Crippen molar-refractivity contribution >= 4 is 52.2 Å². The van der Waals surface area contributed by atoms with Crippen LogP contribution in [0.25, 0.3) is 6.08 Å². The summed E-state index contributed by atoms with van der Waals surface area (Å²) >= 11 is 6.89. The molecule has 1 saturated heterocycles. The number of anilines is 1. The van der Waals surface area contributed by atoms with Crippen LogP contribution in [-0.4, -0.2) is 35.7 Å². The Kier molecular flexibility index (Phi) is 8.21. The van der Waals surface area contributed by atoms with E-state index in [1.54, 1.807) is 42.5 Å². The Labute approximate surface area is 224 Å². The zero-order valence-corrected chi connectivity index (χ0v) is 22.1. The molecule has 1 fully saturated rings. The fraction of sp³-hybridized carbons (Fsp3) is 0.179. The first-order valence-electron chi connectivity index (χ1n) is 11.4. The highest BCUT2D eigenvalue weighted by molar-refractivity contribution is 8.18. The number of nitrogens with one attached hydrogen (secondary N) is 1. The van der Waals surface area contributed by atoms with Crippen molar-refractivity contribution in [3.63, 3.8) is 0 Å². The van der Waals surface area contributed by atoms with Gasteiger partial charge in [-0.15, -0.1) is 0 Å². The molecule has 0 saturated carbocycles. The maximum Gasteiger partial charge on any atom is 0.293 e. The summed E-state index contributed by atoms with van der Waals surface area (Å²) in [5.74, 6) is 0.0989. The number of hydrogen-bond donors (Lipinski definition) is 1. The van der Waals surface area contributed by atoms with Crippen LogP contribution < -0.4 is 14.8 Å². The zero-order valence-electron chi connectivity index (χ0n) is 20.5. The average molecular weight is 537 g/mol. The molecule has 7 nitrogen and oxygen atoms in total. The smallest absolute Gasteiger partial charge is 0.293 e. The molecule has 190 valence electrons. The van der Waals surface area contributed by atoms with Crippen molar-refractivity contribution in [2.75, 3.05) is 19.0 Å². The second kappa shape index (κ2) is 11.5. The van der Waals surface area contributed by atoms with E-state index in [1.165, 1.54) is 12.0 Å². The molecule has 0 spiro atoms. The van der Waals surface area contributed by atoms with E-state index >= 15 is 0 Å². The van der Waals surface area contributed by atoms with Crippen molar-refractivity contribution in [2.45, 2.75) is 20.4 Å². The number of rotatable bonds is 8. The van der Waals surface area contributed by atoms with Crippen LogP contribution in [0, 0.1) is 13.8 Å². The van der Waals surface area contributed by atoms with Crippen LogP contribution in [0.4, 0.5) is 10.5 Å². The average Bonchev–Trinajstić information content (AvgIpc) is 3.13. The summed E-state index contributed by atoms with van der Waals surface area (Å²) in [4.78, 5) is 39.3. The van der Waals surface area contributed by atoms with Crippen molar-refractivity contribution in [3.05, 3.63) is 92.8 Å². The molecule has 1 heterocycles. The fourth-order valence-corrected chi connectivity index (χ4v) is 4.77. The lowest BCUT2D eigenvalue weighted by atomic mass is 10.1. The van der Waals surface area contributed by atoms with E-state index in [4.69, 9.17) is 21.1 Å². The van der Waals surface area contributed by atoms with E-state index in [2.05, 4.69) is 5.32 Å². The number of halogens is 1. The molecule has 0 radical (unpaired) electrons. The maximum atomic E-state index is 12.9. The molecule has 0 aromatic heterocycles. The Morgan fingerprint density at radius 2 is 1.84 bits per heavy atom. The third kappa shape index (κ3) is 6.34. The van der Waals surface area contributed by atoms with Gasteiger partial charge in [-0.3, -0.25) is 19.3 Å². The molecule has 1 aliphatic heterocycles. The van der Waals surface area contributed by atoms with Crippen LogP contribution in [0.15, 0.2) is 65.6 Å². The van der Waals surface area contributed by atoms with Gasteiger partial charge in [0, 0.05) is 10.7 Å². The molecule has 3 aromatic carbocycles. The SMILES string of the molecule is COc1cc(/C=C2\SC(=O)N(Cc3cccc(Cl)c3)C2=O)ccc1OCC(=O)Nc1cccc(C)c1C. The standard InChI is InChI=1S/C28H25ClN2O5S/c1-17-6-4-9-22(18(17)2)30-26(32)16-36-23-11-10-19(13-24(23)35-3)14-25-27(33)31(28(34)37-25)15-20-7-5-8-21(29)12-20/h4-14H,15-16H2,1-3H3,(H,30,32)/b25-14-. The predicted molar refractivity (Wildman–Crippen MR) is 146 cm³/mol. The minimum Gasteiger partial charge on any atom is -0.493 e. The second-order valence-electron chi connectivity index (χ2n) is 8.39. The Morgan fingerprint density at radius 1 is 1.05 bits per heavy atom. The number of carbonyl (C=O) groups excluding carboxylic acids is 3. The molecule has 0 atom stereocenters. The Balaban J connectivity index is 1.42. The number of carbonyl (C=O) groups is 3. The number of ether oxygens (including phenoxy) is 2. The van der Waals surface area contributed by atoms with Crippen LogP contribution in [0.2, 0.25) is 5.02 Å². The van der Waals surface area contributed by atoms with Gasteiger partial charge in [-0.1, -0.05) is 41.9 Å². The monoisotopic (exact) mass is 536 g/mol. The minimum atomic E-state index is -0.377. The Hall–Kier alpha value is -3.75. The first kappa shape index (κ1) is 26.3. The highest BCUT2D eigenvalue weighted by atomic mass is 35.5. The van der Waals surface area contributed by atoms with E-state index < -0.39 is 0 Å². The highest BCUT2D eigenvalue weighted by Gasteiger charge is 2.35. The molecular weight excluding hydrogens is 512 g/mol. The third-order valence-electron chi connectivity index (χ3n) is 5.83. The molecule has 0 unspecified atom stereocenters. The minimum absolute atomic E-state index is 0.142. The lowest BCUT2D eigenvalue weighted by Gasteiger charge is -2.13. The predicted octanol–water partition coefficient (Wildman–Crippen LogP) is 6.22. The third-order valence-corrected chi connectivity index (χ3v) is 6.97. The van der Waals surface area contributed by atoms with Crippen LogP contribution in [0.1, 0.15) is 22.3 Å². The van der Waals surface area contributed by atoms with Gasteiger partial charge in [-0.2, -0.15) is 0 Å². The molecule has 0 aliphatic carbocycles. The summed E-state index contributed by atoms with van der Waals surface area (Å²) in [6.45, 7) is 3.86. The van der Waals surface area contributed by atoms with Crippen LogP contribution in [-0.2, 0) is 16.1 Å². The number of thioether (sulfide) groups is 1. The summed E-state index contributed by atoms with van der Waals surface area (Å²) in [5, 5.41) is 3.04. The van der Waals surface area contributed by atoms with Crippen LogP contribution in [0.3, 0.4) is 0 Å². The summed E-state index contributed by atoms with van der Waals surface area (Å²) < 4.78 is 11.1. The van der Waals surface area contributed by atoms with Crippen molar-refractivity contribution in [3.8, 4) is 11.5 Å². The molecule has 1 aliphatic rings. The summed E-state index contributed by atoms with van der Waals surface area (Å²) in [6, 6.07) is 17.8. The number of methoxy groups -OCH3 is 1. The lowest BCUT2D eigenvalue weighted by Crippen LogP contribution is -2.27. The molecule has 0 bridgehead atoms. The molecule has 9 heteroatoms. The molecule has 4 rings (SSSR count). The quantitative estimate of drug-likeness (QED) is 0.344. The van der Waals surface area contributed by atoms with Gasteiger partial charge in [-0.25, -0.2) is 0 Å². The Morgan fingerprint density at radius 3 is 2.59 bits per heavy atom. The van der Waals surface area contributed by atoms with Crippen LogP contribution >= 0.6 is 23.4 Å². The van der Waals surface area contributed by atoms with Gasteiger partial charge in [0.05, 0.1) is 18.6 Å². The van der Waals surface area contributed by atoms with Gasteiger partial charge in [0.2, 0.25) is 0 Å². The van der Waals surface area contributed by atoms with Crippen molar-refractivity contribution < 1.29 is 23.9 Å². The fourth-order valence-electron chi connectivity index (χ4n) is 3.71. The summed E-state index contributed by atoms with van der Waals surface area (Å²) in [6.07, 6.45) is 1.63. The summed E-state index contributed by atoms with van der Waals surface area (Å²) in [7, 11) is 1.49. The van der Waals surface area contributed by atoms with Crippen molar-refractivity contribution in [2.24, 2.45) is 0 Å². The van der Waals surface area contributed by atoms with Crippen molar-refractivity contribution in [1.29, 1.82) is 0 Å². The van der Waals surface area contributed by atoms with Gasteiger partial charge in [0.15, 0.2) is 18.1 Å². The first-order valence-corrected chi connectivity index (χ1v) is 12.6. The van der Waals surface area contributed by atoms with Crippen LogP contribution in [0.5, 0.6) is 11.5 Å². The molecule has 37 heavy (non-hydrogen) atoms. The van der Waals surface area contributed by atoms with Gasteiger partial charge in [-0.05, 0) is 84.3 Å². The summed E-state index contributed by atoms with van der Waals surface area (Å²) in [5.41, 5.74) is 4.23. The maximum absolute atomic E-state index is 12.9. The number of nitrogens with zero attached hydrogens (tertiary/aromatic N) is 1. The number of benzene rings is 3. The Bertz CT molecular complexity index is 1410. The lowest BCUT2D eigenvalue weighted by molar-refractivity contribution is -0.123. The topological polar surface area (TPSA) is 84.9 Å². The van der Waals surface area contributed by atoms with Gasteiger partial charge in [0.25, 0.3) is 17.1 Å². The second-order valence-corrected chi connectivity index (χ2v) is 9.82.